The minimum atomic E-state index is -0.296. The van der Waals surface area contributed by atoms with Crippen LogP contribution >= 0.6 is 0 Å². The molecule has 0 aromatic heterocycles. The fraction of sp³-hybridized carbons (Fsp3) is 0.455. The van der Waals surface area contributed by atoms with E-state index in [-0.39, 0.29) is 12.6 Å². The number of ether oxygens (including phenoxy) is 2. The summed E-state index contributed by atoms with van der Waals surface area (Å²) in [5.74, 6) is 1.47. The fourth-order valence-electron chi connectivity index (χ4n) is 1.46. The molecule has 0 heterocycles. The second-order valence-corrected chi connectivity index (χ2v) is 3.29. The summed E-state index contributed by atoms with van der Waals surface area (Å²) in [6.45, 7) is -0.0544. The van der Waals surface area contributed by atoms with Crippen LogP contribution in [0, 0.1) is 0 Å². The molecule has 0 radical (unpaired) electrons. The summed E-state index contributed by atoms with van der Waals surface area (Å²) in [6.07, 6.45) is 0.531. The Morgan fingerprint density at radius 2 is 1.80 bits per heavy atom. The lowest BCUT2D eigenvalue weighted by Crippen LogP contribution is -2.27. The van der Waals surface area contributed by atoms with Gasteiger partial charge >= 0.3 is 0 Å². The number of benzene rings is 1. The van der Waals surface area contributed by atoms with E-state index in [1.54, 1.807) is 14.2 Å². The molecule has 0 fully saturated rings. The molecule has 1 unspecified atom stereocenters. The third-order valence-corrected chi connectivity index (χ3v) is 2.23. The molecule has 4 heteroatoms. The molecular weight excluding hydrogens is 194 g/mol. The maximum absolute atomic E-state index is 8.92. The van der Waals surface area contributed by atoms with Gasteiger partial charge in [-0.3, -0.25) is 0 Å². The fourth-order valence-corrected chi connectivity index (χ4v) is 1.46. The average molecular weight is 211 g/mol. The molecular formula is C11H17NO3. The minimum absolute atomic E-state index is 0.0544. The van der Waals surface area contributed by atoms with Crippen molar-refractivity contribution in [2.75, 3.05) is 20.8 Å². The molecule has 0 amide bonds. The molecule has 0 aliphatic carbocycles. The third kappa shape index (κ3) is 2.84. The summed E-state index contributed by atoms with van der Waals surface area (Å²) < 4.78 is 10.4. The number of methoxy groups -OCH3 is 2. The van der Waals surface area contributed by atoms with Crippen molar-refractivity contribution in [3.63, 3.8) is 0 Å². The smallest absolute Gasteiger partial charge is 0.125 e. The number of aliphatic hydroxyl groups is 1. The molecule has 0 saturated carbocycles. The monoisotopic (exact) mass is 211 g/mol. The molecule has 4 nitrogen and oxygen atoms in total. The van der Waals surface area contributed by atoms with E-state index in [2.05, 4.69) is 0 Å². The number of hydrogen-bond acceptors (Lipinski definition) is 4. The molecule has 0 aliphatic heterocycles. The first-order valence-corrected chi connectivity index (χ1v) is 4.79. The lowest BCUT2D eigenvalue weighted by molar-refractivity contribution is 0.263. The molecule has 1 aromatic carbocycles. The van der Waals surface area contributed by atoms with Crippen molar-refractivity contribution in [3.8, 4) is 11.5 Å². The number of nitrogens with two attached hydrogens (primary N) is 1. The second-order valence-electron chi connectivity index (χ2n) is 3.29. The summed E-state index contributed by atoms with van der Waals surface area (Å²) in [5.41, 5.74) is 6.58. The molecule has 0 aliphatic rings. The van der Waals surface area contributed by atoms with E-state index < -0.39 is 0 Å². The first kappa shape index (κ1) is 11.8. The Morgan fingerprint density at radius 1 is 1.27 bits per heavy atom. The highest BCUT2D eigenvalue weighted by Gasteiger charge is 2.12. The molecule has 0 spiro atoms. The van der Waals surface area contributed by atoms with Gasteiger partial charge in [-0.05, 0) is 18.6 Å². The van der Waals surface area contributed by atoms with Crippen LogP contribution in [0.4, 0.5) is 0 Å². The van der Waals surface area contributed by atoms with Gasteiger partial charge in [-0.15, -0.1) is 0 Å². The molecule has 1 rings (SSSR count). The highest BCUT2D eigenvalue weighted by atomic mass is 16.5. The molecule has 0 bridgehead atoms. The van der Waals surface area contributed by atoms with Crippen LogP contribution in [0.15, 0.2) is 18.2 Å². The predicted molar refractivity (Wildman–Crippen MR) is 58.3 cm³/mol. The summed E-state index contributed by atoms with van der Waals surface area (Å²) in [6, 6.07) is 5.26. The summed E-state index contributed by atoms with van der Waals surface area (Å²) in [7, 11) is 3.20. The maximum atomic E-state index is 8.92. The molecule has 84 valence electrons. The Morgan fingerprint density at radius 3 is 2.20 bits per heavy atom. The van der Waals surface area contributed by atoms with Crippen LogP contribution in [0.2, 0.25) is 0 Å². The van der Waals surface area contributed by atoms with Crippen LogP contribution in [0.1, 0.15) is 5.56 Å². The van der Waals surface area contributed by atoms with Crippen molar-refractivity contribution in [3.05, 3.63) is 23.8 Å². The second kappa shape index (κ2) is 5.58. The average Bonchev–Trinajstić information content (AvgIpc) is 2.29. The molecule has 1 aromatic rings. The molecule has 1 atom stereocenters. The van der Waals surface area contributed by atoms with Crippen molar-refractivity contribution in [2.24, 2.45) is 5.73 Å². The number of rotatable bonds is 5. The summed E-state index contributed by atoms with van der Waals surface area (Å²) in [5, 5.41) is 8.92. The summed E-state index contributed by atoms with van der Waals surface area (Å²) >= 11 is 0. The quantitative estimate of drug-likeness (QED) is 0.747. The molecule has 0 saturated heterocycles. The van der Waals surface area contributed by atoms with Crippen molar-refractivity contribution < 1.29 is 14.6 Å². The highest BCUT2D eigenvalue weighted by Crippen LogP contribution is 2.28. The number of aliphatic hydroxyl groups excluding tert-OH is 1. The zero-order valence-electron chi connectivity index (χ0n) is 9.06. The zero-order chi connectivity index (χ0) is 11.3. The van der Waals surface area contributed by atoms with Gasteiger partial charge in [0.1, 0.15) is 11.5 Å². The first-order chi connectivity index (χ1) is 7.22. The van der Waals surface area contributed by atoms with Crippen LogP contribution in [0.25, 0.3) is 0 Å². The normalized spacial score (nSPS) is 12.3. The van der Waals surface area contributed by atoms with Crippen LogP contribution in [0.5, 0.6) is 11.5 Å². The lowest BCUT2D eigenvalue weighted by Gasteiger charge is -2.15. The van der Waals surface area contributed by atoms with Gasteiger partial charge < -0.3 is 20.3 Å². The van der Waals surface area contributed by atoms with E-state index >= 15 is 0 Å². The van der Waals surface area contributed by atoms with Crippen LogP contribution in [-0.4, -0.2) is 32.0 Å². The van der Waals surface area contributed by atoms with Gasteiger partial charge in [-0.2, -0.15) is 0 Å². The van der Waals surface area contributed by atoms with E-state index in [0.717, 1.165) is 17.1 Å². The Bertz CT molecular complexity index is 292. The Balaban J connectivity index is 2.99. The van der Waals surface area contributed by atoms with Crippen LogP contribution in [0.3, 0.4) is 0 Å². The van der Waals surface area contributed by atoms with E-state index in [4.69, 9.17) is 20.3 Å². The highest BCUT2D eigenvalue weighted by molar-refractivity contribution is 5.45. The Hall–Kier alpha value is -1.26. The SMILES string of the molecule is COc1cccc(OC)c1CC(N)CO. The topological polar surface area (TPSA) is 64.7 Å². The molecule has 15 heavy (non-hydrogen) atoms. The number of hydrogen-bond donors (Lipinski definition) is 2. The zero-order valence-corrected chi connectivity index (χ0v) is 9.06. The van der Waals surface area contributed by atoms with Gasteiger partial charge in [0, 0.05) is 11.6 Å². The summed E-state index contributed by atoms with van der Waals surface area (Å²) in [4.78, 5) is 0. The first-order valence-electron chi connectivity index (χ1n) is 4.79. The molecule has 3 N–H and O–H groups in total. The van der Waals surface area contributed by atoms with Crippen molar-refractivity contribution >= 4 is 0 Å². The third-order valence-electron chi connectivity index (χ3n) is 2.23. The van der Waals surface area contributed by atoms with Gasteiger partial charge in [0.2, 0.25) is 0 Å². The van der Waals surface area contributed by atoms with Gasteiger partial charge in [0.15, 0.2) is 0 Å². The van der Waals surface area contributed by atoms with Gasteiger partial charge in [-0.25, -0.2) is 0 Å². The van der Waals surface area contributed by atoms with Gasteiger partial charge in [0.25, 0.3) is 0 Å². The van der Waals surface area contributed by atoms with Gasteiger partial charge in [0.05, 0.1) is 20.8 Å². The predicted octanol–water partition coefficient (Wildman–Crippen LogP) is 0.566. The van der Waals surface area contributed by atoms with E-state index in [1.807, 2.05) is 18.2 Å². The lowest BCUT2D eigenvalue weighted by atomic mass is 10.0. The van der Waals surface area contributed by atoms with Crippen molar-refractivity contribution in [2.45, 2.75) is 12.5 Å². The maximum Gasteiger partial charge on any atom is 0.125 e. The van der Waals surface area contributed by atoms with Crippen LogP contribution in [-0.2, 0) is 6.42 Å². The van der Waals surface area contributed by atoms with E-state index in [1.165, 1.54) is 0 Å². The van der Waals surface area contributed by atoms with E-state index in [9.17, 15) is 0 Å². The van der Waals surface area contributed by atoms with Crippen molar-refractivity contribution in [1.82, 2.24) is 0 Å². The Kier molecular flexibility index (Phi) is 4.39. The van der Waals surface area contributed by atoms with Gasteiger partial charge in [-0.1, -0.05) is 6.07 Å². The largest absolute Gasteiger partial charge is 0.496 e. The Labute approximate surface area is 89.6 Å². The minimum Gasteiger partial charge on any atom is -0.496 e. The van der Waals surface area contributed by atoms with Crippen molar-refractivity contribution in [1.29, 1.82) is 0 Å². The van der Waals surface area contributed by atoms with E-state index in [0.29, 0.717) is 6.42 Å². The van der Waals surface area contributed by atoms with Crippen LogP contribution < -0.4 is 15.2 Å². The standard InChI is InChI=1S/C11H17NO3/c1-14-10-4-3-5-11(15-2)9(10)6-8(12)7-13/h3-5,8,13H,6-7,12H2,1-2H3.